The normalized spacial score (nSPS) is 7.75. The van der Waals surface area contributed by atoms with E-state index in [1.54, 1.807) is 13.8 Å². The van der Waals surface area contributed by atoms with Gasteiger partial charge in [0.2, 0.25) is 0 Å². The molecule has 8 nitrogen and oxygen atoms in total. The largest absolute Gasteiger partial charge is 1.00 e. The molecule has 0 atom stereocenters. The summed E-state index contributed by atoms with van der Waals surface area (Å²) in [7, 11) is 0. The van der Waals surface area contributed by atoms with Gasteiger partial charge in [-0.25, -0.2) is 0 Å². The van der Waals surface area contributed by atoms with Crippen LogP contribution < -0.4 is 75.1 Å². The molecule has 0 saturated heterocycles. The van der Waals surface area contributed by atoms with Crippen molar-refractivity contribution < 1.29 is 89.2 Å². The summed E-state index contributed by atoms with van der Waals surface area (Å²) < 4.78 is 0. The van der Waals surface area contributed by atoms with Gasteiger partial charge in [-0.1, -0.05) is 13.8 Å². The molecule has 0 radical (unpaired) electrons. The maximum absolute atomic E-state index is 9.64. The summed E-state index contributed by atoms with van der Waals surface area (Å²) >= 11 is 0. The average Bonchev–Trinajstić information content (AvgIpc) is 2.14. The summed E-state index contributed by atoms with van der Waals surface area (Å²) in [5, 5.41) is 18.5. The van der Waals surface area contributed by atoms with E-state index >= 15 is 0 Å². The van der Waals surface area contributed by atoms with Crippen molar-refractivity contribution in [3.63, 3.8) is 0 Å². The van der Waals surface area contributed by atoms with Crippen molar-refractivity contribution in [1.29, 1.82) is 0 Å². The monoisotopic (exact) mass is 310 g/mol. The first-order valence-corrected chi connectivity index (χ1v) is 4.79. The Morgan fingerprint density at radius 3 is 1.35 bits per heavy atom. The molecule has 0 aromatic rings. The van der Waals surface area contributed by atoms with Crippen LogP contribution in [-0.4, -0.2) is 42.0 Å². The van der Waals surface area contributed by atoms with Gasteiger partial charge in [-0.15, -0.1) is 0 Å². The number of carbonyl (C=O) groups excluding carboxylic acids is 3. The maximum Gasteiger partial charge on any atom is 1.00 e. The number of hydrogen-bond donors (Lipinski definition) is 1. The van der Waals surface area contributed by atoms with Gasteiger partial charge in [-0.2, -0.15) is 0 Å². The molecule has 0 bridgehead atoms. The SMILES string of the molecule is CC(C)N.CC(C)N=CC(=O)[O-].O.O=CC(=O)[O-].[Na+].[Na+]. The summed E-state index contributed by atoms with van der Waals surface area (Å²) in [6.45, 7) is 7.47. The number of hydrogen-bond acceptors (Lipinski definition) is 7. The summed E-state index contributed by atoms with van der Waals surface area (Å²) in [6, 6.07) is 0.368. The van der Waals surface area contributed by atoms with E-state index in [9.17, 15) is 9.90 Å². The Labute approximate surface area is 163 Å². The van der Waals surface area contributed by atoms with Crippen molar-refractivity contribution in [2.45, 2.75) is 39.8 Å². The first-order chi connectivity index (χ1) is 7.63. The molecule has 0 fully saturated rings. The minimum atomic E-state index is -1.68. The Morgan fingerprint density at radius 1 is 1.05 bits per heavy atom. The molecule has 4 N–H and O–H groups in total. The average molecular weight is 310 g/mol. The van der Waals surface area contributed by atoms with Gasteiger partial charge in [0.25, 0.3) is 0 Å². The van der Waals surface area contributed by atoms with Crippen molar-refractivity contribution in [3.05, 3.63) is 0 Å². The zero-order chi connectivity index (χ0) is 14.4. The predicted octanol–water partition coefficient (Wildman–Crippen LogP) is -9.31. The summed E-state index contributed by atoms with van der Waals surface area (Å²) in [5.74, 6) is -2.91. The van der Waals surface area contributed by atoms with E-state index in [4.69, 9.17) is 20.4 Å². The van der Waals surface area contributed by atoms with E-state index in [2.05, 4.69) is 4.99 Å². The number of nitrogens with zero attached hydrogens (tertiary/aromatic N) is 1. The molecule has 0 heterocycles. The zero-order valence-electron chi connectivity index (χ0n) is 12.9. The molecule has 0 aliphatic rings. The molecule has 0 rings (SSSR count). The predicted molar refractivity (Wildman–Crippen MR) is 62.6 cm³/mol. The van der Waals surface area contributed by atoms with E-state index in [0.717, 1.165) is 6.21 Å². The van der Waals surface area contributed by atoms with Crippen LogP contribution in [0.25, 0.3) is 0 Å². The van der Waals surface area contributed by atoms with Crippen LogP contribution in [0.2, 0.25) is 0 Å². The number of carbonyl (C=O) groups is 3. The van der Waals surface area contributed by atoms with Gasteiger partial charge in [0.05, 0.1) is 5.97 Å². The zero-order valence-corrected chi connectivity index (χ0v) is 16.9. The fraction of sp³-hybridized carbons (Fsp3) is 0.600. The van der Waals surface area contributed by atoms with Crippen molar-refractivity contribution in [1.82, 2.24) is 0 Å². The standard InChI is InChI=1S/C5H9NO2.C3H9N.C2H2O3.2Na.H2O/c1-4(2)6-3-5(7)8;1-3(2)4;3-1-2(4)5;;;/h3-4H,1-2H3,(H,7,8);3H,4H2,1-2H3;1H,(H,4,5);;;1H2/q;;;2*+1;/p-2. The van der Waals surface area contributed by atoms with E-state index in [0.29, 0.717) is 6.04 Å². The Kier molecular flexibility index (Phi) is 50.8. The minimum absolute atomic E-state index is 0. The number of rotatable bonds is 3. The smallest absolute Gasteiger partial charge is 0.544 e. The van der Waals surface area contributed by atoms with Crippen molar-refractivity contribution >= 4 is 24.4 Å². The summed E-state index contributed by atoms with van der Waals surface area (Å²) in [4.78, 5) is 30.9. The molecule has 0 aromatic carbocycles. The maximum atomic E-state index is 9.64. The molecule has 0 amide bonds. The van der Waals surface area contributed by atoms with Gasteiger partial charge < -0.3 is 31.0 Å². The minimum Gasteiger partial charge on any atom is -0.544 e. The molecular formula is C10H20N2Na2O6. The molecule has 0 spiro atoms. The second-order valence-corrected chi connectivity index (χ2v) is 3.37. The van der Waals surface area contributed by atoms with Gasteiger partial charge >= 0.3 is 59.1 Å². The summed E-state index contributed by atoms with van der Waals surface area (Å²) in [6.07, 6.45) is 0.519. The van der Waals surface area contributed by atoms with E-state index in [-0.39, 0.29) is 76.9 Å². The third kappa shape index (κ3) is 104. The van der Waals surface area contributed by atoms with Gasteiger partial charge in [0, 0.05) is 12.3 Å². The van der Waals surface area contributed by atoms with Crippen LogP contribution in [0.1, 0.15) is 27.7 Å². The van der Waals surface area contributed by atoms with Gasteiger partial charge in [0.1, 0.15) is 5.97 Å². The molecule has 0 unspecified atom stereocenters. The molecule has 0 aliphatic carbocycles. The van der Waals surface area contributed by atoms with Crippen LogP contribution in [0.3, 0.4) is 0 Å². The number of aliphatic imine (C=N–C) groups is 1. The second kappa shape index (κ2) is 27.5. The quantitative estimate of drug-likeness (QED) is 0.235. The first kappa shape index (κ1) is 36.9. The van der Waals surface area contributed by atoms with Crippen LogP contribution in [0, 0.1) is 0 Å². The third-order valence-electron chi connectivity index (χ3n) is 0.574. The molecular weight excluding hydrogens is 290 g/mol. The van der Waals surface area contributed by atoms with E-state index in [1.807, 2.05) is 13.8 Å². The number of aldehydes is 1. The number of aliphatic carboxylic acids is 2. The van der Waals surface area contributed by atoms with Crippen molar-refractivity contribution in [2.75, 3.05) is 0 Å². The molecule has 0 saturated carbocycles. The first-order valence-electron chi connectivity index (χ1n) is 4.79. The Morgan fingerprint density at radius 2 is 1.30 bits per heavy atom. The number of nitrogens with two attached hydrogens (primary N) is 1. The fourth-order valence-electron chi connectivity index (χ4n) is 0.210. The molecule has 0 aliphatic heterocycles. The second-order valence-electron chi connectivity index (χ2n) is 3.37. The van der Waals surface area contributed by atoms with Gasteiger partial charge in [-0.3, -0.25) is 9.79 Å². The number of carboxylic acid groups (broad SMARTS) is 2. The van der Waals surface area contributed by atoms with Crippen LogP contribution in [-0.2, 0) is 14.4 Å². The van der Waals surface area contributed by atoms with E-state index < -0.39 is 11.9 Å². The van der Waals surface area contributed by atoms with Crippen LogP contribution in [0.5, 0.6) is 0 Å². The third-order valence-corrected chi connectivity index (χ3v) is 0.574. The Bertz CT molecular complexity index is 257. The van der Waals surface area contributed by atoms with Gasteiger partial charge in [-0.05, 0) is 19.9 Å². The molecule has 0 aromatic heterocycles. The van der Waals surface area contributed by atoms with Gasteiger partial charge in [0.15, 0.2) is 6.29 Å². The van der Waals surface area contributed by atoms with Crippen LogP contribution in [0.15, 0.2) is 4.99 Å². The summed E-state index contributed by atoms with van der Waals surface area (Å²) in [5.41, 5.74) is 5.11. The van der Waals surface area contributed by atoms with Crippen LogP contribution in [0.4, 0.5) is 0 Å². The molecule has 10 heteroatoms. The fourth-order valence-corrected chi connectivity index (χ4v) is 0.210. The van der Waals surface area contributed by atoms with Crippen molar-refractivity contribution in [3.8, 4) is 0 Å². The number of carboxylic acids is 2. The van der Waals surface area contributed by atoms with Crippen LogP contribution >= 0.6 is 0 Å². The molecule has 108 valence electrons. The molecule has 20 heavy (non-hydrogen) atoms. The Balaban J connectivity index is -0.0000000363. The van der Waals surface area contributed by atoms with Crippen molar-refractivity contribution in [2.24, 2.45) is 10.7 Å². The topological polar surface area (TPSA) is 167 Å². The van der Waals surface area contributed by atoms with E-state index in [1.165, 1.54) is 0 Å². The Hall–Kier alpha value is 0.200.